The minimum absolute atomic E-state index is 0.0994. The Balaban J connectivity index is 2.01. The maximum atomic E-state index is 11.5. The molecule has 0 atom stereocenters. The predicted octanol–water partition coefficient (Wildman–Crippen LogP) is 3.31. The Morgan fingerprint density at radius 1 is 1.00 bits per heavy atom. The van der Waals surface area contributed by atoms with Crippen LogP contribution in [0.15, 0.2) is 17.2 Å². The fourth-order valence-corrected chi connectivity index (χ4v) is 2.34. The van der Waals surface area contributed by atoms with E-state index in [1.165, 1.54) is 38.5 Å². The normalized spacial score (nSPS) is 10.9. The third kappa shape index (κ3) is 5.57. The third-order valence-corrected chi connectivity index (χ3v) is 3.61. The van der Waals surface area contributed by atoms with Crippen molar-refractivity contribution in [2.24, 2.45) is 7.05 Å². The summed E-state index contributed by atoms with van der Waals surface area (Å²) in [5.74, 6) is 0. The Bertz CT molecular complexity index is 357. The summed E-state index contributed by atoms with van der Waals surface area (Å²) in [6, 6.07) is 0. The number of hydrogen-bond donors (Lipinski definition) is 0. The van der Waals surface area contributed by atoms with Gasteiger partial charge in [-0.3, -0.25) is 4.57 Å². The van der Waals surface area contributed by atoms with Gasteiger partial charge < -0.3 is 4.57 Å². The second kappa shape index (κ2) is 8.56. The van der Waals surface area contributed by atoms with Crippen LogP contribution < -0.4 is 5.69 Å². The van der Waals surface area contributed by atoms with Gasteiger partial charge >= 0.3 is 5.69 Å². The van der Waals surface area contributed by atoms with Gasteiger partial charge in [-0.1, -0.05) is 48.0 Å². The Morgan fingerprint density at radius 3 is 2.12 bits per heavy atom. The third-order valence-electron chi connectivity index (χ3n) is 3.05. The standard InChI is InChI=1S/C13H23BrN2O/c1-15-11-12-16(13(15)17)10-8-6-4-2-3-5-7-9-14/h11-12H,2-10H2,1H3. The zero-order chi connectivity index (χ0) is 12.5. The zero-order valence-electron chi connectivity index (χ0n) is 10.7. The summed E-state index contributed by atoms with van der Waals surface area (Å²) >= 11 is 3.44. The average Bonchev–Trinajstić information content (AvgIpc) is 2.64. The number of imidazole rings is 1. The monoisotopic (exact) mass is 302 g/mol. The highest BCUT2D eigenvalue weighted by atomic mass is 79.9. The highest BCUT2D eigenvalue weighted by Crippen LogP contribution is 2.08. The number of rotatable bonds is 9. The highest BCUT2D eigenvalue weighted by molar-refractivity contribution is 9.09. The van der Waals surface area contributed by atoms with Crippen LogP contribution in [0.2, 0.25) is 0 Å². The van der Waals surface area contributed by atoms with Crippen molar-refractivity contribution in [2.75, 3.05) is 5.33 Å². The molecule has 0 aliphatic rings. The van der Waals surface area contributed by atoms with Crippen LogP contribution in [0.3, 0.4) is 0 Å². The van der Waals surface area contributed by atoms with E-state index in [-0.39, 0.29) is 5.69 Å². The van der Waals surface area contributed by atoms with Gasteiger partial charge in [0.25, 0.3) is 0 Å². The number of aryl methyl sites for hydroxylation is 2. The number of alkyl halides is 1. The summed E-state index contributed by atoms with van der Waals surface area (Å²) in [6.45, 7) is 0.862. The molecule has 98 valence electrons. The zero-order valence-corrected chi connectivity index (χ0v) is 12.3. The highest BCUT2D eigenvalue weighted by Gasteiger charge is 1.98. The van der Waals surface area contributed by atoms with Crippen LogP contribution in [0.1, 0.15) is 44.9 Å². The first kappa shape index (κ1) is 14.6. The van der Waals surface area contributed by atoms with Gasteiger partial charge in [-0.15, -0.1) is 0 Å². The maximum absolute atomic E-state index is 11.5. The van der Waals surface area contributed by atoms with E-state index in [0.717, 1.165) is 18.3 Å². The Morgan fingerprint density at radius 2 is 1.59 bits per heavy atom. The summed E-state index contributed by atoms with van der Waals surface area (Å²) < 4.78 is 3.42. The first-order chi connectivity index (χ1) is 8.25. The summed E-state index contributed by atoms with van der Waals surface area (Å²) in [4.78, 5) is 11.5. The number of hydrogen-bond acceptors (Lipinski definition) is 1. The quantitative estimate of drug-likeness (QED) is 0.508. The topological polar surface area (TPSA) is 26.9 Å². The van der Waals surface area contributed by atoms with Crippen LogP contribution in [-0.4, -0.2) is 14.5 Å². The number of aromatic nitrogens is 2. The van der Waals surface area contributed by atoms with Crippen molar-refractivity contribution in [3.63, 3.8) is 0 Å². The van der Waals surface area contributed by atoms with Gasteiger partial charge in [0, 0.05) is 31.3 Å². The molecule has 0 radical (unpaired) electrons. The van der Waals surface area contributed by atoms with E-state index in [1.807, 2.05) is 12.4 Å². The van der Waals surface area contributed by atoms with E-state index in [0.29, 0.717) is 0 Å². The van der Waals surface area contributed by atoms with E-state index in [1.54, 1.807) is 16.2 Å². The molecule has 0 aliphatic heterocycles. The lowest BCUT2D eigenvalue weighted by molar-refractivity contribution is 0.540. The average molecular weight is 303 g/mol. The second-order valence-electron chi connectivity index (χ2n) is 4.55. The Labute approximate surface area is 112 Å². The molecular formula is C13H23BrN2O. The molecule has 0 N–H and O–H groups in total. The van der Waals surface area contributed by atoms with Crippen molar-refractivity contribution < 1.29 is 0 Å². The van der Waals surface area contributed by atoms with Crippen molar-refractivity contribution in [3.05, 3.63) is 22.9 Å². The molecule has 0 aromatic carbocycles. The van der Waals surface area contributed by atoms with Gasteiger partial charge in [-0.2, -0.15) is 0 Å². The molecule has 4 heteroatoms. The van der Waals surface area contributed by atoms with Crippen LogP contribution in [0.5, 0.6) is 0 Å². The SMILES string of the molecule is Cn1ccn(CCCCCCCCCBr)c1=O. The summed E-state index contributed by atoms with van der Waals surface area (Å²) in [5, 5.41) is 1.13. The molecule has 0 amide bonds. The van der Waals surface area contributed by atoms with Crippen molar-refractivity contribution in [1.82, 2.24) is 9.13 Å². The number of halogens is 1. The molecule has 0 bridgehead atoms. The first-order valence-electron chi connectivity index (χ1n) is 6.53. The summed E-state index contributed by atoms with van der Waals surface area (Å²) in [7, 11) is 1.79. The molecule has 17 heavy (non-hydrogen) atoms. The molecule has 0 spiro atoms. The minimum atomic E-state index is 0.0994. The van der Waals surface area contributed by atoms with Crippen molar-refractivity contribution in [2.45, 2.75) is 51.5 Å². The van der Waals surface area contributed by atoms with Gasteiger partial charge in [0.1, 0.15) is 0 Å². The fraction of sp³-hybridized carbons (Fsp3) is 0.769. The molecular weight excluding hydrogens is 280 g/mol. The molecule has 0 unspecified atom stereocenters. The predicted molar refractivity (Wildman–Crippen MR) is 75.8 cm³/mol. The van der Waals surface area contributed by atoms with Gasteiger partial charge in [0.05, 0.1) is 0 Å². The van der Waals surface area contributed by atoms with E-state index < -0.39 is 0 Å². The van der Waals surface area contributed by atoms with Crippen molar-refractivity contribution >= 4 is 15.9 Å². The Hall–Kier alpha value is -0.510. The fourth-order valence-electron chi connectivity index (χ4n) is 1.94. The number of unbranched alkanes of at least 4 members (excludes halogenated alkanes) is 6. The maximum Gasteiger partial charge on any atom is 0.327 e. The van der Waals surface area contributed by atoms with Crippen LogP contribution >= 0.6 is 15.9 Å². The molecule has 0 aliphatic carbocycles. The molecule has 1 heterocycles. The van der Waals surface area contributed by atoms with Gasteiger partial charge in [0.15, 0.2) is 0 Å². The molecule has 0 saturated heterocycles. The number of nitrogens with zero attached hydrogens (tertiary/aromatic N) is 2. The first-order valence-corrected chi connectivity index (χ1v) is 7.65. The van der Waals surface area contributed by atoms with Crippen molar-refractivity contribution in [1.29, 1.82) is 0 Å². The van der Waals surface area contributed by atoms with Crippen LogP contribution in [0.4, 0.5) is 0 Å². The smallest absolute Gasteiger partial charge is 0.302 e. The molecule has 1 rings (SSSR count). The van der Waals surface area contributed by atoms with Gasteiger partial charge in [-0.25, -0.2) is 4.79 Å². The van der Waals surface area contributed by atoms with Crippen LogP contribution in [-0.2, 0) is 13.6 Å². The molecule has 0 saturated carbocycles. The summed E-state index contributed by atoms with van der Waals surface area (Å²) in [5.41, 5.74) is 0.0994. The van der Waals surface area contributed by atoms with E-state index in [4.69, 9.17) is 0 Å². The van der Waals surface area contributed by atoms with Gasteiger partial charge in [0.2, 0.25) is 0 Å². The molecule has 1 aromatic heterocycles. The minimum Gasteiger partial charge on any atom is -0.302 e. The van der Waals surface area contributed by atoms with Gasteiger partial charge in [-0.05, 0) is 12.8 Å². The Kier molecular flexibility index (Phi) is 7.33. The molecule has 0 fully saturated rings. The van der Waals surface area contributed by atoms with E-state index in [2.05, 4.69) is 15.9 Å². The van der Waals surface area contributed by atoms with Crippen molar-refractivity contribution in [3.8, 4) is 0 Å². The summed E-state index contributed by atoms with van der Waals surface area (Å²) in [6.07, 6.45) is 12.6. The lowest BCUT2D eigenvalue weighted by Gasteiger charge is -2.02. The molecule has 1 aromatic rings. The van der Waals surface area contributed by atoms with Crippen LogP contribution in [0, 0.1) is 0 Å². The lowest BCUT2D eigenvalue weighted by Crippen LogP contribution is -2.21. The van der Waals surface area contributed by atoms with Crippen LogP contribution in [0.25, 0.3) is 0 Å². The molecule has 3 nitrogen and oxygen atoms in total. The lowest BCUT2D eigenvalue weighted by atomic mass is 10.1. The van der Waals surface area contributed by atoms with E-state index in [9.17, 15) is 4.79 Å². The largest absolute Gasteiger partial charge is 0.327 e. The van der Waals surface area contributed by atoms with E-state index >= 15 is 0 Å². The second-order valence-corrected chi connectivity index (χ2v) is 5.34.